The highest BCUT2D eigenvalue weighted by Crippen LogP contribution is 2.42. The van der Waals surface area contributed by atoms with Crippen LogP contribution in [0.25, 0.3) is 0 Å². The number of nitrogens with two attached hydrogens (primary N) is 1. The second kappa shape index (κ2) is 5.46. The summed E-state index contributed by atoms with van der Waals surface area (Å²) < 4.78 is 0.969. The van der Waals surface area contributed by atoms with Crippen LogP contribution in [0.5, 0.6) is 0 Å². The Balaban J connectivity index is 1.86. The van der Waals surface area contributed by atoms with Gasteiger partial charge >= 0.3 is 0 Å². The molecule has 0 radical (unpaired) electrons. The van der Waals surface area contributed by atoms with Gasteiger partial charge in [-0.25, -0.2) is 0 Å². The first-order valence-corrected chi connectivity index (χ1v) is 8.52. The monoisotopic (exact) mass is 341 g/mol. The minimum Gasteiger partial charge on any atom is -0.346 e. The van der Waals surface area contributed by atoms with E-state index in [1.807, 2.05) is 36.0 Å². The Morgan fingerprint density at radius 3 is 2.89 bits per heavy atom. The number of carbonyl (C=O) groups is 1. The summed E-state index contributed by atoms with van der Waals surface area (Å²) in [5.41, 5.74) is 0.797. The van der Waals surface area contributed by atoms with Crippen LogP contribution in [-0.2, 0) is 0 Å². The number of hydrogen-bond donors (Lipinski definition) is 1. The molecule has 3 rings (SSSR count). The zero-order valence-corrected chi connectivity index (χ0v) is 13.2. The van der Waals surface area contributed by atoms with Crippen molar-refractivity contribution in [2.45, 2.75) is 17.7 Å². The van der Waals surface area contributed by atoms with Crippen LogP contribution in [0.1, 0.15) is 23.2 Å². The summed E-state index contributed by atoms with van der Waals surface area (Å²) in [5, 5.41) is 2.35. The maximum Gasteiger partial charge on any atom is 0.255 e. The first kappa shape index (κ1) is 13.5. The summed E-state index contributed by atoms with van der Waals surface area (Å²) in [4.78, 5) is 14.9. The second-order valence-corrected chi connectivity index (χ2v) is 7.50. The molecule has 0 atom stereocenters. The van der Waals surface area contributed by atoms with Gasteiger partial charge in [-0.1, -0.05) is 22.0 Å². The first-order chi connectivity index (χ1) is 9.21. The Morgan fingerprint density at radius 1 is 1.37 bits per heavy atom. The first-order valence-electron chi connectivity index (χ1n) is 6.74. The second-order valence-electron chi connectivity index (χ2n) is 5.13. The average molecular weight is 342 g/mol. The van der Waals surface area contributed by atoms with Crippen LogP contribution in [0.2, 0.25) is 0 Å². The van der Waals surface area contributed by atoms with Crippen LogP contribution < -0.4 is 5.32 Å². The van der Waals surface area contributed by atoms with E-state index in [2.05, 4.69) is 26.1 Å². The van der Waals surface area contributed by atoms with Crippen LogP contribution in [0.3, 0.4) is 0 Å². The third kappa shape index (κ3) is 2.56. The highest BCUT2D eigenvalue weighted by molar-refractivity contribution is 9.10. The number of piperidine rings is 1. The Bertz CT molecular complexity index is 488. The van der Waals surface area contributed by atoms with Crippen molar-refractivity contribution in [3.05, 3.63) is 34.3 Å². The van der Waals surface area contributed by atoms with E-state index >= 15 is 0 Å². The predicted octanol–water partition coefficient (Wildman–Crippen LogP) is 1.69. The van der Waals surface area contributed by atoms with Crippen molar-refractivity contribution in [1.82, 2.24) is 4.90 Å². The van der Waals surface area contributed by atoms with Gasteiger partial charge in [-0.3, -0.25) is 4.79 Å². The fraction of sp³-hybridized carbons (Fsp3) is 0.500. The molecule has 1 aromatic rings. The molecule has 1 aromatic carbocycles. The van der Waals surface area contributed by atoms with Crippen molar-refractivity contribution in [3.8, 4) is 0 Å². The van der Waals surface area contributed by atoms with Crippen molar-refractivity contribution in [1.29, 1.82) is 0 Å². The SMILES string of the molecule is O=C(c1cccc(Br)c1)N1CCSC12CC[NH2+]CC2. The van der Waals surface area contributed by atoms with Gasteiger partial charge in [0.25, 0.3) is 5.91 Å². The molecule has 2 heterocycles. The van der Waals surface area contributed by atoms with E-state index in [9.17, 15) is 4.79 Å². The van der Waals surface area contributed by atoms with E-state index in [1.54, 1.807) is 0 Å². The van der Waals surface area contributed by atoms with E-state index in [4.69, 9.17) is 0 Å². The molecule has 2 aliphatic rings. The summed E-state index contributed by atoms with van der Waals surface area (Å²) in [5.74, 6) is 1.26. The quantitative estimate of drug-likeness (QED) is 0.843. The van der Waals surface area contributed by atoms with Gasteiger partial charge in [0.15, 0.2) is 0 Å². The summed E-state index contributed by atoms with van der Waals surface area (Å²) in [6, 6.07) is 7.73. The molecule has 2 saturated heterocycles. The standard InChI is InChI=1S/C14H17BrN2OS/c15-12-3-1-2-11(10-12)13(18)17-8-9-19-14(17)4-6-16-7-5-14/h1-3,10,16H,4-9H2/p+1. The molecule has 0 saturated carbocycles. The predicted molar refractivity (Wildman–Crippen MR) is 81.3 cm³/mol. The fourth-order valence-corrected chi connectivity index (χ4v) is 4.92. The number of nitrogens with zero attached hydrogens (tertiary/aromatic N) is 1. The van der Waals surface area contributed by atoms with E-state index in [-0.39, 0.29) is 10.8 Å². The van der Waals surface area contributed by atoms with Crippen molar-refractivity contribution in [2.75, 3.05) is 25.4 Å². The molecular weight excluding hydrogens is 324 g/mol. The number of hydrogen-bond acceptors (Lipinski definition) is 2. The van der Waals surface area contributed by atoms with Crippen molar-refractivity contribution < 1.29 is 10.1 Å². The zero-order chi connectivity index (χ0) is 13.3. The molecule has 5 heteroatoms. The van der Waals surface area contributed by atoms with Gasteiger partial charge in [-0.15, -0.1) is 11.8 Å². The van der Waals surface area contributed by atoms with E-state index < -0.39 is 0 Å². The smallest absolute Gasteiger partial charge is 0.255 e. The average Bonchev–Trinajstić information content (AvgIpc) is 2.82. The molecule has 2 aliphatic heterocycles. The topological polar surface area (TPSA) is 36.9 Å². The Morgan fingerprint density at radius 2 is 2.16 bits per heavy atom. The minimum atomic E-state index is 0.0636. The highest BCUT2D eigenvalue weighted by atomic mass is 79.9. The molecule has 2 N–H and O–H groups in total. The number of quaternary nitrogens is 1. The number of benzene rings is 1. The third-order valence-corrected chi connectivity index (χ3v) is 6.02. The molecule has 19 heavy (non-hydrogen) atoms. The number of carbonyl (C=O) groups excluding carboxylic acids is 1. The molecule has 0 aromatic heterocycles. The minimum absolute atomic E-state index is 0.0636. The van der Waals surface area contributed by atoms with Gasteiger partial charge in [0.05, 0.1) is 18.0 Å². The van der Waals surface area contributed by atoms with Crippen LogP contribution in [0.15, 0.2) is 28.7 Å². The molecule has 1 amide bonds. The normalized spacial score (nSPS) is 21.8. The molecular formula is C14H18BrN2OS+. The van der Waals surface area contributed by atoms with Gasteiger partial charge in [-0.05, 0) is 18.2 Å². The molecule has 0 unspecified atom stereocenters. The Hall–Kier alpha value is -0.520. The highest BCUT2D eigenvalue weighted by Gasteiger charge is 2.46. The third-order valence-electron chi connectivity index (χ3n) is 3.97. The maximum absolute atomic E-state index is 12.8. The van der Waals surface area contributed by atoms with E-state index in [0.717, 1.165) is 48.3 Å². The van der Waals surface area contributed by atoms with Gasteiger partial charge in [0, 0.05) is 35.2 Å². The summed E-state index contributed by atoms with van der Waals surface area (Å²) >= 11 is 5.42. The summed E-state index contributed by atoms with van der Waals surface area (Å²) in [7, 11) is 0. The Labute approximate surface area is 126 Å². The zero-order valence-electron chi connectivity index (χ0n) is 10.8. The van der Waals surface area contributed by atoms with E-state index in [1.165, 1.54) is 0 Å². The van der Waals surface area contributed by atoms with Crippen LogP contribution >= 0.6 is 27.7 Å². The van der Waals surface area contributed by atoms with Gasteiger partial charge in [0.1, 0.15) is 0 Å². The fourth-order valence-electron chi connectivity index (χ4n) is 3.01. The summed E-state index contributed by atoms with van der Waals surface area (Å²) in [6.45, 7) is 3.15. The lowest BCUT2D eigenvalue weighted by Gasteiger charge is -2.39. The summed E-state index contributed by atoms with van der Waals surface area (Å²) in [6.07, 6.45) is 2.22. The van der Waals surface area contributed by atoms with Crippen molar-refractivity contribution in [2.24, 2.45) is 0 Å². The lowest BCUT2D eigenvalue weighted by molar-refractivity contribution is -0.664. The maximum atomic E-state index is 12.8. The Kier molecular flexibility index (Phi) is 3.87. The van der Waals surface area contributed by atoms with E-state index in [0.29, 0.717) is 0 Å². The number of halogens is 1. The van der Waals surface area contributed by atoms with Crippen LogP contribution in [0, 0.1) is 0 Å². The lowest BCUT2D eigenvalue weighted by atomic mass is 10.0. The number of thioether (sulfide) groups is 1. The lowest BCUT2D eigenvalue weighted by Crippen LogP contribution is -2.88. The van der Waals surface area contributed by atoms with Crippen LogP contribution in [0.4, 0.5) is 0 Å². The van der Waals surface area contributed by atoms with Crippen molar-refractivity contribution >= 4 is 33.6 Å². The number of amides is 1. The number of rotatable bonds is 1. The molecule has 1 spiro atoms. The van der Waals surface area contributed by atoms with Gasteiger partial charge < -0.3 is 10.2 Å². The molecule has 2 fully saturated rings. The molecule has 0 bridgehead atoms. The largest absolute Gasteiger partial charge is 0.346 e. The molecule has 0 aliphatic carbocycles. The van der Waals surface area contributed by atoms with Gasteiger partial charge in [-0.2, -0.15) is 0 Å². The van der Waals surface area contributed by atoms with Crippen molar-refractivity contribution in [3.63, 3.8) is 0 Å². The molecule has 102 valence electrons. The molecule has 3 nitrogen and oxygen atoms in total. The van der Waals surface area contributed by atoms with Gasteiger partial charge in [0.2, 0.25) is 0 Å². The van der Waals surface area contributed by atoms with Crippen LogP contribution in [-0.4, -0.2) is 41.1 Å².